The minimum Gasteiger partial charge on any atom is -0.410 e. The number of carbonyl (C=O) groups excluding carboxylic acids is 1. The highest BCUT2D eigenvalue weighted by Crippen LogP contribution is 2.16. The van der Waals surface area contributed by atoms with Gasteiger partial charge >= 0.3 is 6.09 Å². The predicted octanol–water partition coefficient (Wildman–Crippen LogP) is 0.428. The van der Waals surface area contributed by atoms with E-state index in [1.807, 2.05) is 0 Å². The van der Waals surface area contributed by atoms with E-state index in [4.69, 9.17) is 16.9 Å². The van der Waals surface area contributed by atoms with Crippen LogP contribution in [0.2, 0.25) is 0 Å². The number of nitrogens with two attached hydrogens (primary N) is 2. The Labute approximate surface area is 74.8 Å². The summed E-state index contributed by atoms with van der Waals surface area (Å²) in [5.74, 6) is 0.0272. The number of hydrogen-bond acceptors (Lipinski definition) is 3. The Morgan fingerprint density at radius 3 is 2.46 bits per heavy atom. The molecule has 0 aliphatic carbocycles. The van der Waals surface area contributed by atoms with Crippen molar-refractivity contribution >= 4 is 11.9 Å². The molecule has 68 valence electrons. The number of carbonyl (C=O) groups is 1. The second-order valence-corrected chi connectivity index (χ2v) is 2.33. The molecular weight excluding hydrogens is 170 g/mol. The van der Waals surface area contributed by atoms with Crippen molar-refractivity contribution in [3.05, 3.63) is 29.8 Å². The smallest absolute Gasteiger partial charge is 0.409 e. The first kappa shape index (κ1) is 9.05. The topological polar surface area (TPSA) is 102 Å². The normalized spacial score (nSPS) is 9.23. The van der Waals surface area contributed by atoms with Gasteiger partial charge in [-0.1, -0.05) is 12.1 Å². The van der Waals surface area contributed by atoms with Gasteiger partial charge < -0.3 is 16.2 Å². The van der Waals surface area contributed by atoms with E-state index in [2.05, 4.69) is 4.74 Å². The van der Waals surface area contributed by atoms with Crippen LogP contribution >= 0.6 is 0 Å². The average molecular weight is 179 g/mol. The monoisotopic (exact) mass is 179 g/mol. The van der Waals surface area contributed by atoms with Gasteiger partial charge in [0, 0.05) is 0 Å². The molecule has 0 fully saturated rings. The van der Waals surface area contributed by atoms with Crippen LogP contribution in [0.5, 0.6) is 5.75 Å². The number of hydrogen-bond donors (Lipinski definition) is 3. The SMILES string of the molecule is N=C(N)c1ccccc1OC(N)=O. The van der Waals surface area contributed by atoms with E-state index < -0.39 is 6.09 Å². The molecule has 0 aliphatic heterocycles. The summed E-state index contributed by atoms with van der Waals surface area (Å²) in [7, 11) is 0. The van der Waals surface area contributed by atoms with Crippen LogP contribution in [0.15, 0.2) is 24.3 Å². The van der Waals surface area contributed by atoms with E-state index in [0.29, 0.717) is 5.56 Å². The third kappa shape index (κ3) is 2.19. The molecule has 0 atom stereocenters. The van der Waals surface area contributed by atoms with Crippen molar-refractivity contribution < 1.29 is 9.53 Å². The van der Waals surface area contributed by atoms with Crippen molar-refractivity contribution in [1.82, 2.24) is 0 Å². The molecule has 0 unspecified atom stereocenters. The predicted molar refractivity (Wildman–Crippen MR) is 47.7 cm³/mol. The van der Waals surface area contributed by atoms with Gasteiger partial charge in [0.15, 0.2) is 0 Å². The fourth-order valence-electron chi connectivity index (χ4n) is 0.887. The Morgan fingerprint density at radius 2 is 1.92 bits per heavy atom. The van der Waals surface area contributed by atoms with Gasteiger partial charge in [0.1, 0.15) is 11.6 Å². The molecule has 0 heterocycles. The first-order valence-corrected chi connectivity index (χ1v) is 3.52. The Kier molecular flexibility index (Phi) is 2.49. The summed E-state index contributed by atoms with van der Waals surface area (Å²) in [6.07, 6.45) is -0.922. The molecule has 0 saturated heterocycles. The molecule has 5 nitrogen and oxygen atoms in total. The lowest BCUT2D eigenvalue weighted by molar-refractivity contribution is 0.211. The van der Waals surface area contributed by atoms with Gasteiger partial charge in [-0.05, 0) is 12.1 Å². The first-order chi connectivity index (χ1) is 6.11. The number of nitrogens with one attached hydrogen (secondary N) is 1. The van der Waals surface area contributed by atoms with Gasteiger partial charge in [0.05, 0.1) is 5.56 Å². The van der Waals surface area contributed by atoms with E-state index in [1.165, 1.54) is 6.07 Å². The molecule has 0 aliphatic rings. The highest BCUT2D eigenvalue weighted by molar-refractivity contribution is 5.98. The van der Waals surface area contributed by atoms with Crippen molar-refractivity contribution in [1.29, 1.82) is 5.41 Å². The van der Waals surface area contributed by atoms with Gasteiger partial charge in [0.25, 0.3) is 0 Å². The Bertz CT molecular complexity index is 349. The van der Waals surface area contributed by atoms with Crippen LogP contribution in [0.1, 0.15) is 5.56 Å². The van der Waals surface area contributed by atoms with Crippen molar-refractivity contribution in [3.8, 4) is 5.75 Å². The molecule has 1 rings (SSSR count). The Balaban J connectivity index is 3.04. The largest absolute Gasteiger partial charge is 0.410 e. The molecular formula is C8H9N3O2. The van der Waals surface area contributed by atoms with Crippen LogP contribution in [0.3, 0.4) is 0 Å². The van der Waals surface area contributed by atoms with E-state index in [9.17, 15) is 4.79 Å². The number of ether oxygens (including phenoxy) is 1. The van der Waals surface area contributed by atoms with Crippen LogP contribution in [0.25, 0.3) is 0 Å². The quantitative estimate of drug-likeness (QED) is 0.453. The Hall–Kier alpha value is -2.04. The molecule has 5 N–H and O–H groups in total. The number of primary amides is 1. The van der Waals surface area contributed by atoms with Crippen molar-refractivity contribution in [2.24, 2.45) is 11.5 Å². The number of para-hydroxylation sites is 1. The van der Waals surface area contributed by atoms with E-state index in [0.717, 1.165) is 0 Å². The lowest BCUT2D eigenvalue weighted by atomic mass is 10.2. The molecule has 0 aromatic heterocycles. The summed E-state index contributed by atoms with van der Waals surface area (Å²) >= 11 is 0. The third-order valence-electron chi connectivity index (χ3n) is 1.39. The minimum absolute atomic E-state index is 0.170. The average Bonchev–Trinajstić information content (AvgIpc) is 2.03. The number of amides is 1. The maximum atomic E-state index is 10.4. The summed E-state index contributed by atoms with van der Waals surface area (Å²) in [5, 5.41) is 7.17. The fourth-order valence-corrected chi connectivity index (χ4v) is 0.887. The minimum atomic E-state index is -0.922. The van der Waals surface area contributed by atoms with Gasteiger partial charge in [-0.2, -0.15) is 0 Å². The van der Waals surface area contributed by atoms with Crippen molar-refractivity contribution in [2.45, 2.75) is 0 Å². The molecule has 0 radical (unpaired) electrons. The van der Waals surface area contributed by atoms with Gasteiger partial charge in [-0.3, -0.25) is 5.41 Å². The number of nitrogen functional groups attached to an aromatic ring is 1. The van der Waals surface area contributed by atoms with Gasteiger partial charge in [0.2, 0.25) is 0 Å². The zero-order valence-corrected chi connectivity index (χ0v) is 6.78. The second kappa shape index (κ2) is 3.57. The fraction of sp³-hybridized carbons (Fsp3) is 0. The van der Waals surface area contributed by atoms with Crippen LogP contribution in [-0.2, 0) is 0 Å². The first-order valence-electron chi connectivity index (χ1n) is 3.52. The molecule has 1 aromatic rings. The summed E-state index contributed by atoms with van der Waals surface area (Å²) in [4.78, 5) is 10.4. The van der Waals surface area contributed by atoms with Crippen molar-refractivity contribution in [3.63, 3.8) is 0 Å². The third-order valence-corrected chi connectivity index (χ3v) is 1.39. The van der Waals surface area contributed by atoms with Gasteiger partial charge in [-0.15, -0.1) is 0 Å². The lowest BCUT2D eigenvalue weighted by Crippen LogP contribution is -2.19. The van der Waals surface area contributed by atoms with E-state index in [1.54, 1.807) is 18.2 Å². The standard InChI is InChI=1S/C8H9N3O2/c9-7(10)5-3-1-2-4-6(5)13-8(11)12/h1-4H,(H3,9,10)(H2,11,12). The van der Waals surface area contributed by atoms with Gasteiger partial charge in [-0.25, -0.2) is 4.79 Å². The molecule has 0 spiro atoms. The highest BCUT2D eigenvalue weighted by Gasteiger charge is 2.07. The van der Waals surface area contributed by atoms with Crippen molar-refractivity contribution in [2.75, 3.05) is 0 Å². The van der Waals surface area contributed by atoms with Crippen LogP contribution in [-0.4, -0.2) is 11.9 Å². The number of benzene rings is 1. The zero-order valence-electron chi connectivity index (χ0n) is 6.78. The molecule has 1 aromatic carbocycles. The maximum absolute atomic E-state index is 10.4. The highest BCUT2D eigenvalue weighted by atomic mass is 16.5. The summed E-state index contributed by atoms with van der Waals surface area (Å²) in [5.41, 5.74) is 10.4. The molecule has 0 bridgehead atoms. The Morgan fingerprint density at radius 1 is 1.31 bits per heavy atom. The molecule has 1 amide bonds. The summed E-state index contributed by atoms with van der Waals surface area (Å²) in [6, 6.07) is 6.43. The summed E-state index contributed by atoms with van der Waals surface area (Å²) < 4.78 is 4.62. The zero-order chi connectivity index (χ0) is 9.84. The number of rotatable bonds is 2. The van der Waals surface area contributed by atoms with Crippen LogP contribution in [0.4, 0.5) is 4.79 Å². The number of amidine groups is 1. The summed E-state index contributed by atoms with van der Waals surface area (Å²) in [6.45, 7) is 0. The molecule has 0 saturated carbocycles. The van der Waals surface area contributed by atoms with Crippen LogP contribution < -0.4 is 16.2 Å². The van der Waals surface area contributed by atoms with E-state index in [-0.39, 0.29) is 11.6 Å². The van der Waals surface area contributed by atoms with Crippen LogP contribution in [0, 0.1) is 5.41 Å². The molecule has 13 heavy (non-hydrogen) atoms. The maximum Gasteiger partial charge on any atom is 0.409 e. The van der Waals surface area contributed by atoms with E-state index >= 15 is 0 Å². The molecule has 5 heteroatoms. The second-order valence-electron chi connectivity index (χ2n) is 2.33. The lowest BCUT2D eigenvalue weighted by Gasteiger charge is -2.05.